The summed E-state index contributed by atoms with van der Waals surface area (Å²) in [4.78, 5) is 3.64. The Morgan fingerprint density at radius 1 is 1.35 bits per heavy atom. The molecule has 106 valence electrons. The summed E-state index contributed by atoms with van der Waals surface area (Å²) in [6, 6.07) is 6.44. The summed E-state index contributed by atoms with van der Waals surface area (Å²) in [6.07, 6.45) is 1.81. The molecule has 0 spiro atoms. The Morgan fingerprint density at radius 3 is 3.05 bits per heavy atom. The van der Waals surface area contributed by atoms with Crippen molar-refractivity contribution in [1.29, 1.82) is 0 Å². The number of benzene rings is 1. The van der Waals surface area contributed by atoms with Crippen LogP contribution in [0.4, 0.5) is 5.69 Å². The Kier molecular flexibility index (Phi) is 3.93. The zero-order chi connectivity index (χ0) is 13.9. The van der Waals surface area contributed by atoms with Gasteiger partial charge in [-0.2, -0.15) is 0 Å². The second kappa shape index (κ2) is 5.85. The zero-order valence-electron chi connectivity index (χ0n) is 11.6. The van der Waals surface area contributed by atoms with Gasteiger partial charge in [0, 0.05) is 35.8 Å². The van der Waals surface area contributed by atoms with Gasteiger partial charge in [0.25, 0.3) is 0 Å². The van der Waals surface area contributed by atoms with Gasteiger partial charge in [-0.3, -0.25) is 0 Å². The maximum Gasteiger partial charge on any atom is 0.152 e. The number of hydrogen-bond donors (Lipinski definition) is 1. The average molecular weight is 289 g/mol. The summed E-state index contributed by atoms with van der Waals surface area (Å²) >= 11 is 1.85. The van der Waals surface area contributed by atoms with Gasteiger partial charge in [0.05, 0.1) is 6.54 Å². The molecule has 1 aliphatic rings. The first-order chi connectivity index (χ1) is 9.83. The van der Waals surface area contributed by atoms with E-state index in [1.807, 2.05) is 11.8 Å². The smallest absolute Gasteiger partial charge is 0.152 e. The van der Waals surface area contributed by atoms with Gasteiger partial charge in [0.15, 0.2) is 5.82 Å². The molecular formula is C14H19N5S. The number of anilines is 1. The molecule has 2 heterocycles. The first kappa shape index (κ1) is 13.5. The minimum atomic E-state index is 0.571. The van der Waals surface area contributed by atoms with Crippen molar-refractivity contribution in [2.24, 2.45) is 5.73 Å². The van der Waals surface area contributed by atoms with E-state index >= 15 is 0 Å². The first-order valence-corrected chi connectivity index (χ1v) is 7.88. The number of nitrogens with zero attached hydrogens (tertiary/aromatic N) is 4. The lowest BCUT2D eigenvalue weighted by atomic mass is 10.1. The third-order valence-corrected chi connectivity index (χ3v) is 4.57. The van der Waals surface area contributed by atoms with Gasteiger partial charge < -0.3 is 15.2 Å². The van der Waals surface area contributed by atoms with Crippen LogP contribution in [0.25, 0.3) is 0 Å². The van der Waals surface area contributed by atoms with E-state index in [0.717, 1.165) is 31.2 Å². The molecule has 0 radical (unpaired) electrons. The molecule has 2 N–H and O–H groups in total. The van der Waals surface area contributed by atoms with Crippen LogP contribution in [0.3, 0.4) is 0 Å². The van der Waals surface area contributed by atoms with Crippen LogP contribution in [0.15, 0.2) is 29.4 Å². The van der Waals surface area contributed by atoms with E-state index in [2.05, 4.69) is 44.8 Å². The van der Waals surface area contributed by atoms with Crippen molar-refractivity contribution in [1.82, 2.24) is 14.8 Å². The van der Waals surface area contributed by atoms with E-state index in [1.54, 1.807) is 6.33 Å². The Balaban J connectivity index is 1.92. The molecule has 0 amide bonds. The fraction of sp³-hybridized carbons (Fsp3) is 0.429. The molecule has 0 atom stereocenters. The lowest BCUT2D eigenvalue weighted by Crippen LogP contribution is -2.34. The largest absolute Gasteiger partial charge is 0.362 e. The Labute approximate surface area is 123 Å². The summed E-state index contributed by atoms with van der Waals surface area (Å²) < 4.78 is 2.11. The number of aromatic nitrogens is 3. The van der Waals surface area contributed by atoms with E-state index in [4.69, 9.17) is 5.73 Å². The van der Waals surface area contributed by atoms with Crippen molar-refractivity contribution in [3.8, 4) is 0 Å². The lowest BCUT2D eigenvalue weighted by molar-refractivity contribution is 0.558. The summed E-state index contributed by atoms with van der Waals surface area (Å²) in [7, 11) is 0. The molecule has 0 saturated carbocycles. The fourth-order valence-corrected chi connectivity index (χ4v) is 3.47. The van der Waals surface area contributed by atoms with E-state index in [0.29, 0.717) is 6.54 Å². The Bertz CT molecular complexity index is 595. The van der Waals surface area contributed by atoms with Crippen LogP contribution in [0.2, 0.25) is 0 Å². The average Bonchev–Trinajstić information content (AvgIpc) is 2.94. The van der Waals surface area contributed by atoms with Gasteiger partial charge in [-0.1, -0.05) is 13.0 Å². The maximum absolute atomic E-state index is 5.99. The van der Waals surface area contributed by atoms with Gasteiger partial charge in [0.2, 0.25) is 0 Å². The molecule has 5 nitrogen and oxygen atoms in total. The molecule has 20 heavy (non-hydrogen) atoms. The van der Waals surface area contributed by atoms with E-state index in [-0.39, 0.29) is 0 Å². The predicted octanol–water partition coefficient (Wildman–Crippen LogP) is 1.87. The van der Waals surface area contributed by atoms with E-state index in [9.17, 15) is 0 Å². The summed E-state index contributed by atoms with van der Waals surface area (Å²) in [6.45, 7) is 5.44. The van der Waals surface area contributed by atoms with Crippen molar-refractivity contribution in [3.05, 3.63) is 35.9 Å². The number of thioether (sulfide) groups is 1. The zero-order valence-corrected chi connectivity index (χ0v) is 12.4. The van der Waals surface area contributed by atoms with Crippen LogP contribution in [0, 0.1) is 0 Å². The molecule has 6 heteroatoms. The monoisotopic (exact) mass is 289 g/mol. The van der Waals surface area contributed by atoms with Crippen molar-refractivity contribution < 1.29 is 0 Å². The molecule has 1 aliphatic heterocycles. The molecule has 0 bridgehead atoms. The highest BCUT2D eigenvalue weighted by molar-refractivity contribution is 7.99. The van der Waals surface area contributed by atoms with Gasteiger partial charge in [-0.15, -0.1) is 22.0 Å². The molecule has 3 rings (SSSR count). The summed E-state index contributed by atoms with van der Waals surface area (Å²) in [5, 5.41) is 8.16. The molecular weight excluding hydrogens is 270 g/mol. The molecule has 2 aromatic rings. The number of hydrogen-bond acceptors (Lipinski definition) is 5. The van der Waals surface area contributed by atoms with Crippen LogP contribution in [-0.2, 0) is 19.6 Å². The molecule has 0 unspecified atom stereocenters. The van der Waals surface area contributed by atoms with Gasteiger partial charge >= 0.3 is 0 Å². The summed E-state index contributed by atoms with van der Waals surface area (Å²) in [5.41, 5.74) is 8.47. The highest BCUT2D eigenvalue weighted by Crippen LogP contribution is 2.32. The molecule has 0 saturated heterocycles. The highest BCUT2D eigenvalue weighted by Gasteiger charge is 2.20. The highest BCUT2D eigenvalue weighted by atomic mass is 32.2. The van der Waals surface area contributed by atoms with Crippen LogP contribution < -0.4 is 10.6 Å². The minimum Gasteiger partial charge on any atom is -0.362 e. The predicted molar refractivity (Wildman–Crippen MR) is 81.8 cm³/mol. The molecule has 0 fully saturated rings. The molecule has 1 aromatic carbocycles. The number of rotatable bonds is 4. The van der Waals surface area contributed by atoms with E-state index in [1.165, 1.54) is 16.1 Å². The number of nitrogens with two attached hydrogens (primary N) is 1. The minimum absolute atomic E-state index is 0.571. The van der Waals surface area contributed by atoms with Gasteiger partial charge in [0.1, 0.15) is 6.33 Å². The van der Waals surface area contributed by atoms with Gasteiger partial charge in [-0.05, 0) is 17.9 Å². The number of fused-ring (bicyclic) bond motifs is 1. The molecule has 1 aromatic heterocycles. The van der Waals surface area contributed by atoms with Crippen LogP contribution in [0.5, 0.6) is 0 Å². The van der Waals surface area contributed by atoms with Crippen molar-refractivity contribution in [3.63, 3.8) is 0 Å². The maximum atomic E-state index is 5.99. The van der Waals surface area contributed by atoms with Crippen LogP contribution in [0.1, 0.15) is 18.3 Å². The third-order valence-electron chi connectivity index (χ3n) is 3.59. The van der Waals surface area contributed by atoms with Crippen molar-refractivity contribution in [2.45, 2.75) is 31.5 Å². The van der Waals surface area contributed by atoms with E-state index < -0.39 is 0 Å². The van der Waals surface area contributed by atoms with Crippen molar-refractivity contribution in [2.75, 3.05) is 17.2 Å². The standard InChI is InChI=1S/C14H19N5S/c1-2-20-13-5-3-4-12(11(13)8-15)18-6-7-19-10-16-17-14(19)9-18/h3-5,10H,2,6-9,15H2,1H3. The first-order valence-electron chi connectivity index (χ1n) is 6.90. The van der Waals surface area contributed by atoms with Crippen molar-refractivity contribution >= 4 is 17.4 Å². The SMILES string of the molecule is CCSc1cccc(N2CCn3cnnc3C2)c1CN. The summed E-state index contributed by atoms with van der Waals surface area (Å²) in [5.74, 6) is 2.08. The quantitative estimate of drug-likeness (QED) is 0.871. The lowest BCUT2D eigenvalue weighted by Gasteiger charge is -2.31. The van der Waals surface area contributed by atoms with Crippen LogP contribution in [-0.4, -0.2) is 27.1 Å². The Morgan fingerprint density at radius 2 is 2.25 bits per heavy atom. The fourth-order valence-electron chi connectivity index (χ4n) is 2.62. The van der Waals surface area contributed by atoms with Crippen LogP contribution >= 0.6 is 11.8 Å². The molecule has 0 aliphatic carbocycles. The van der Waals surface area contributed by atoms with Gasteiger partial charge in [-0.25, -0.2) is 0 Å². The third kappa shape index (κ3) is 2.41. The second-order valence-electron chi connectivity index (χ2n) is 4.75. The Hall–Kier alpha value is -1.53. The normalized spacial score (nSPS) is 14.4. The second-order valence-corrected chi connectivity index (χ2v) is 6.06. The topological polar surface area (TPSA) is 60.0 Å².